The summed E-state index contributed by atoms with van der Waals surface area (Å²) in [5.41, 5.74) is 0. The van der Waals surface area contributed by atoms with Crippen molar-refractivity contribution in [2.75, 3.05) is 5.75 Å². The van der Waals surface area contributed by atoms with Gasteiger partial charge in [-0.05, 0) is 30.2 Å². The molecular formula is C6H8ClN3S. The number of aromatic amines is 1. The molecule has 1 aliphatic heterocycles. The molecule has 0 aromatic carbocycles. The van der Waals surface area contributed by atoms with E-state index in [4.69, 9.17) is 11.6 Å². The number of rotatable bonds is 1. The molecule has 1 N–H and O–H groups in total. The molecule has 2 rings (SSSR count). The number of nitrogens with one attached hydrogen (secondary N) is 1. The summed E-state index contributed by atoms with van der Waals surface area (Å²) in [7, 11) is 0. The number of halogens is 1. The van der Waals surface area contributed by atoms with Crippen molar-refractivity contribution >= 4 is 23.4 Å². The Bertz CT molecular complexity index is 244. The molecule has 1 aromatic heterocycles. The van der Waals surface area contributed by atoms with E-state index in [2.05, 4.69) is 15.2 Å². The van der Waals surface area contributed by atoms with Gasteiger partial charge in [0.05, 0.1) is 5.25 Å². The average Bonchev–Trinajstić information content (AvgIpc) is 2.55. The highest BCUT2D eigenvalue weighted by Crippen LogP contribution is 2.38. The first-order valence-corrected chi connectivity index (χ1v) is 4.98. The highest BCUT2D eigenvalue weighted by Gasteiger charge is 2.20. The van der Waals surface area contributed by atoms with Gasteiger partial charge in [-0.15, -0.1) is 5.10 Å². The summed E-state index contributed by atoms with van der Waals surface area (Å²) in [4.78, 5) is 4.07. The van der Waals surface area contributed by atoms with E-state index >= 15 is 0 Å². The molecule has 0 spiro atoms. The second-order valence-corrected chi connectivity index (χ2v) is 4.14. The van der Waals surface area contributed by atoms with E-state index in [1.165, 1.54) is 18.6 Å². The summed E-state index contributed by atoms with van der Waals surface area (Å²) in [6.45, 7) is 0. The Balaban J connectivity index is 2.15. The van der Waals surface area contributed by atoms with Crippen molar-refractivity contribution in [3.63, 3.8) is 0 Å². The van der Waals surface area contributed by atoms with Crippen LogP contribution in [-0.2, 0) is 0 Å². The van der Waals surface area contributed by atoms with Gasteiger partial charge in [0.1, 0.15) is 5.82 Å². The maximum absolute atomic E-state index is 5.58. The zero-order valence-electron chi connectivity index (χ0n) is 5.88. The normalized spacial score (nSPS) is 24.3. The fourth-order valence-corrected chi connectivity index (χ4v) is 2.54. The second kappa shape index (κ2) is 3.03. The first-order valence-electron chi connectivity index (χ1n) is 3.55. The summed E-state index contributed by atoms with van der Waals surface area (Å²) in [5.74, 6) is 2.15. The Morgan fingerprint density at radius 2 is 2.55 bits per heavy atom. The molecule has 1 aliphatic rings. The quantitative estimate of drug-likeness (QED) is 0.735. The van der Waals surface area contributed by atoms with Crippen LogP contribution >= 0.6 is 23.4 Å². The molecule has 3 nitrogen and oxygen atoms in total. The lowest BCUT2D eigenvalue weighted by atomic mass is 10.2. The van der Waals surface area contributed by atoms with E-state index in [1.807, 2.05) is 11.8 Å². The highest BCUT2D eigenvalue weighted by atomic mass is 35.5. The van der Waals surface area contributed by atoms with Crippen molar-refractivity contribution in [1.29, 1.82) is 0 Å². The largest absolute Gasteiger partial charge is 0.261 e. The van der Waals surface area contributed by atoms with Crippen molar-refractivity contribution in [3.8, 4) is 0 Å². The van der Waals surface area contributed by atoms with Crippen LogP contribution in [0.15, 0.2) is 0 Å². The van der Waals surface area contributed by atoms with Gasteiger partial charge in [-0.25, -0.2) is 4.98 Å². The van der Waals surface area contributed by atoms with E-state index in [0.717, 1.165) is 5.82 Å². The molecule has 0 amide bonds. The number of H-pyrrole nitrogens is 1. The Morgan fingerprint density at radius 3 is 3.09 bits per heavy atom. The minimum atomic E-state index is 0.326. The Labute approximate surface area is 73.9 Å². The molecule has 5 heteroatoms. The summed E-state index contributed by atoms with van der Waals surface area (Å²) < 4.78 is 0. The molecule has 1 atom stereocenters. The van der Waals surface area contributed by atoms with Gasteiger partial charge in [-0.3, -0.25) is 5.10 Å². The monoisotopic (exact) mass is 189 g/mol. The summed E-state index contributed by atoms with van der Waals surface area (Å²) in [5, 5.41) is 7.43. The molecular weight excluding hydrogens is 182 g/mol. The third-order valence-corrected chi connectivity index (χ3v) is 3.26. The van der Waals surface area contributed by atoms with Gasteiger partial charge in [0, 0.05) is 0 Å². The molecule has 0 saturated carbocycles. The fraction of sp³-hybridized carbons (Fsp3) is 0.667. The lowest BCUT2D eigenvalue weighted by molar-refractivity contribution is 0.781. The summed E-state index contributed by atoms with van der Waals surface area (Å²) in [6.07, 6.45) is 2.46. The van der Waals surface area contributed by atoms with Crippen LogP contribution in [0.4, 0.5) is 0 Å². The average molecular weight is 190 g/mol. The Kier molecular flexibility index (Phi) is 2.05. The Morgan fingerprint density at radius 1 is 1.64 bits per heavy atom. The van der Waals surface area contributed by atoms with E-state index in [-0.39, 0.29) is 0 Å². The van der Waals surface area contributed by atoms with E-state index in [0.29, 0.717) is 10.5 Å². The zero-order chi connectivity index (χ0) is 7.68. The molecule has 1 aromatic rings. The standard InChI is InChI=1S/C6H8ClN3S/c7-6-8-5(9-10-6)4-2-1-3-11-4/h4H,1-3H2,(H,8,9,10). The van der Waals surface area contributed by atoms with Crippen molar-refractivity contribution in [3.05, 3.63) is 11.1 Å². The van der Waals surface area contributed by atoms with E-state index in [1.54, 1.807) is 0 Å². The van der Waals surface area contributed by atoms with Crippen molar-refractivity contribution in [1.82, 2.24) is 15.2 Å². The lowest BCUT2D eigenvalue weighted by Gasteiger charge is -2.00. The molecule has 0 bridgehead atoms. The van der Waals surface area contributed by atoms with Crippen LogP contribution in [0.5, 0.6) is 0 Å². The Hall–Kier alpha value is -0.220. The van der Waals surface area contributed by atoms with Gasteiger partial charge < -0.3 is 0 Å². The van der Waals surface area contributed by atoms with Gasteiger partial charge in [0.25, 0.3) is 0 Å². The number of hydrogen-bond acceptors (Lipinski definition) is 3. The third kappa shape index (κ3) is 1.51. The predicted molar refractivity (Wildman–Crippen MR) is 45.8 cm³/mol. The van der Waals surface area contributed by atoms with Crippen molar-refractivity contribution in [2.24, 2.45) is 0 Å². The van der Waals surface area contributed by atoms with Gasteiger partial charge >= 0.3 is 0 Å². The molecule has 1 unspecified atom stereocenters. The van der Waals surface area contributed by atoms with Crippen LogP contribution in [0.2, 0.25) is 5.28 Å². The van der Waals surface area contributed by atoms with Crippen LogP contribution in [-0.4, -0.2) is 20.9 Å². The molecule has 1 fully saturated rings. The van der Waals surface area contributed by atoms with Crippen LogP contribution in [0.25, 0.3) is 0 Å². The topological polar surface area (TPSA) is 41.6 Å². The van der Waals surface area contributed by atoms with Crippen LogP contribution < -0.4 is 0 Å². The summed E-state index contributed by atoms with van der Waals surface area (Å²) >= 11 is 7.49. The van der Waals surface area contributed by atoms with Crippen LogP contribution in [0.1, 0.15) is 23.9 Å². The van der Waals surface area contributed by atoms with Crippen LogP contribution in [0.3, 0.4) is 0 Å². The van der Waals surface area contributed by atoms with Gasteiger partial charge in [0.15, 0.2) is 0 Å². The number of thioether (sulfide) groups is 1. The maximum atomic E-state index is 5.58. The maximum Gasteiger partial charge on any atom is 0.242 e. The van der Waals surface area contributed by atoms with Gasteiger partial charge in [0.2, 0.25) is 5.28 Å². The smallest absolute Gasteiger partial charge is 0.242 e. The first kappa shape index (κ1) is 7.43. The molecule has 0 aliphatic carbocycles. The van der Waals surface area contributed by atoms with E-state index < -0.39 is 0 Å². The third-order valence-electron chi connectivity index (χ3n) is 1.71. The lowest BCUT2D eigenvalue weighted by Crippen LogP contribution is -1.90. The molecule has 60 valence electrons. The minimum Gasteiger partial charge on any atom is -0.261 e. The molecule has 0 radical (unpaired) electrons. The molecule has 11 heavy (non-hydrogen) atoms. The minimum absolute atomic E-state index is 0.326. The van der Waals surface area contributed by atoms with E-state index in [9.17, 15) is 0 Å². The second-order valence-electron chi connectivity index (χ2n) is 2.49. The highest BCUT2D eigenvalue weighted by molar-refractivity contribution is 7.99. The van der Waals surface area contributed by atoms with Crippen molar-refractivity contribution in [2.45, 2.75) is 18.1 Å². The first-order chi connectivity index (χ1) is 5.36. The zero-order valence-corrected chi connectivity index (χ0v) is 7.45. The predicted octanol–water partition coefficient (Wildman–Crippen LogP) is 2.03. The van der Waals surface area contributed by atoms with Crippen molar-refractivity contribution < 1.29 is 0 Å². The molecule has 2 heterocycles. The summed E-state index contributed by atoms with van der Waals surface area (Å²) in [6, 6.07) is 0. The van der Waals surface area contributed by atoms with Gasteiger partial charge in [-0.1, -0.05) is 0 Å². The SMILES string of the molecule is Clc1n[nH]c(C2CCCS2)n1. The number of aromatic nitrogens is 3. The number of hydrogen-bond donors (Lipinski definition) is 1. The van der Waals surface area contributed by atoms with Gasteiger partial charge in [-0.2, -0.15) is 11.8 Å². The number of nitrogens with zero attached hydrogens (tertiary/aromatic N) is 2. The van der Waals surface area contributed by atoms with Crippen LogP contribution in [0, 0.1) is 0 Å². The fourth-order valence-electron chi connectivity index (χ4n) is 1.19. The molecule has 1 saturated heterocycles.